The largest absolute Gasteiger partial charge is 0.497 e. The van der Waals surface area contributed by atoms with E-state index in [1.807, 2.05) is 31.2 Å². The lowest BCUT2D eigenvalue weighted by molar-refractivity contribution is -0.148. The average Bonchev–Trinajstić information content (AvgIpc) is 2.81. The fraction of sp³-hybridized carbons (Fsp3) is 0.656. The average molecular weight is 545 g/mol. The highest BCUT2D eigenvalue weighted by Gasteiger charge is 2.38. The topological polar surface area (TPSA) is 54.0 Å². The van der Waals surface area contributed by atoms with Gasteiger partial charge in [0.25, 0.3) is 0 Å². The maximum Gasteiger partial charge on any atom is 0.331 e. The summed E-state index contributed by atoms with van der Waals surface area (Å²) in [5.74, 6) is 0.483. The first kappa shape index (κ1) is 32.3. The van der Waals surface area contributed by atoms with Gasteiger partial charge < -0.3 is 18.6 Å². The van der Waals surface area contributed by atoms with E-state index in [0.717, 1.165) is 29.7 Å². The molecule has 0 heterocycles. The van der Waals surface area contributed by atoms with Crippen LogP contribution in [0.2, 0.25) is 18.1 Å². The number of hydrogen-bond acceptors (Lipinski definition) is 5. The highest BCUT2D eigenvalue weighted by molar-refractivity contribution is 6.74. The third kappa shape index (κ3) is 10.0. The second-order valence-corrected chi connectivity index (χ2v) is 17.8. The van der Waals surface area contributed by atoms with Crippen molar-refractivity contribution < 1.29 is 23.4 Å². The summed E-state index contributed by atoms with van der Waals surface area (Å²) in [5.41, 5.74) is 5.40. The van der Waals surface area contributed by atoms with Crippen LogP contribution in [0.1, 0.15) is 86.1 Å². The third-order valence-corrected chi connectivity index (χ3v) is 12.8. The van der Waals surface area contributed by atoms with Crippen LogP contribution in [0.25, 0.3) is 0 Å². The molecule has 1 aliphatic rings. The second-order valence-electron chi connectivity index (χ2n) is 13.0. The molecule has 1 aromatic carbocycles. The highest BCUT2D eigenvalue weighted by Crippen LogP contribution is 2.42. The van der Waals surface area contributed by atoms with Crippen LogP contribution < -0.4 is 4.74 Å². The molecule has 0 amide bonds. The van der Waals surface area contributed by atoms with Crippen molar-refractivity contribution in [1.29, 1.82) is 0 Å². The molecule has 1 aromatic rings. The fourth-order valence-corrected chi connectivity index (χ4v) is 5.72. The molecule has 5 nitrogen and oxygen atoms in total. The number of carbonyl (C=O) groups excluding carboxylic acids is 1. The summed E-state index contributed by atoms with van der Waals surface area (Å²) < 4.78 is 23.5. The molecule has 0 aromatic heterocycles. The van der Waals surface area contributed by atoms with Crippen molar-refractivity contribution in [2.24, 2.45) is 5.41 Å². The summed E-state index contributed by atoms with van der Waals surface area (Å²) in [7, 11) is -0.347. The van der Waals surface area contributed by atoms with Crippen molar-refractivity contribution in [2.75, 3.05) is 20.3 Å². The SMILES string of the molecule is COc1ccc(COC[C@H](CO[Si](C)(C)C(C)(C)C)OC(=O)/C=C(\C)CCC2=C(C)CCCC2(C)C)cc1. The standard InChI is InChI=1S/C32H52O5Si/c1-24(13-18-29-25(2)12-11-19-32(29,6)7)20-30(33)37-28(23-36-38(9,10)31(3,4)5)22-35-21-26-14-16-27(34-8)17-15-26/h14-17,20,28H,11-13,18-19,21-23H2,1-10H3/b24-20+/t28-/m1/s1. The van der Waals surface area contributed by atoms with Crippen LogP contribution in [0.5, 0.6) is 5.75 Å². The van der Waals surface area contributed by atoms with Crippen molar-refractivity contribution in [3.63, 3.8) is 0 Å². The van der Waals surface area contributed by atoms with Crippen LogP contribution in [-0.2, 0) is 25.3 Å². The molecule has 0 saturated carbocycles. The first-order chi connectivity index (χ1) is 17.6. The first-order valence-electron chi connectivity index (χ1n) is 14.1. The van der Waals surface area contributed by atoms with Gasteiger partial charge in [-0.25, -0.2) is 4.79 Å². The number of benzene rings is 1. The van der Waals surface area contributed by atoms with Crippen molar-refractivity contribution in [1.82, 2.24) is 0 Å². The van der Waals surface area contributed by atoms with Gasteiger partial charge >= 0.3 is 5.97 Å². The summed E-state index contributed by atoms with van der Waals surface area (Å²) in [6.07, 6.45) is 6.73. The molecular weight excluding hydrogens is 492 g/mol. The molecular formula is C32H52O5Si. The van der Waals surface area contributed by atoms with Gasteiger partial charge in [0.2, 0.25) is 0 Å². The fourth-order valence-electron chi connectivity index (χ4n) is 4.68. The number of allylic oxidation sites excluding steroid dienone is 3. The first-order valence-corrected chi connectivity index (χ1v) is 17.0. The quantitative estimate of drug-likeness (QED) is 0.108. The van der Waals surface area contributed by atoms with Gasteiger partial charge in [-0.3, -0.25) is 0 Å². The minimum absolute atomic E-state index is 0.0711. The zero-order valence-corrected chi connectivity index (χ0v) is 26.7. The predicted octanol–water partition coefficient (Wildman–Crippen LogP) is 8.40. The van der Waals surface area contributed by atoms with E-state index < -0.39 is 14.4 Å². The Bertz CT molecular complexity index is 967. The normalized spacial score (nSPS) is 17.4. The smallest absolute Gasteiger partial charge is 0.331 e. The van der Waals surface area contributed by atoms with E-state index in [2.05, 4.69) is 54.6 Å². The molecule has 0 spiro atoms. The monoisotopic (exact) mass is 544 g/mol. The number of esters is 1. The molecule has 0 aliphatic heterocycles. The number of rotatable bonds is 13. The molecule has 1 aliphatic carbocycles. The van der Waals surface area contributed by atoms with Crippen molar-refractivity contribution in [3.05, 3.63) is 52.6 Å². The van der Waals surface area contributed by atoms with E-state index in [1.165, 1.54) is 24.8 Å². The van der Waals surface area contributed by atoms with Gasteiger partial charge in [0.1, 0.15) is 11.9 Å². The van der Waals surface area contributed by atoms with Gasteiger partial charge in [0, 0.05) is 6.08 Å². The minimum Gasteiger partial charge on any atom is -0.497 e. The lowest BCUT2D eigenvalue weighted by atomic mass is 9.71. The summed E-state index contributed by atoms with van der Waals surface area (Å²) in [5, 5.41) is 0.0711. The number of hydrogen-bond donors (Lipinski definition) is 0. The van der Waals surface area contributed by atoms with Crippen LogP contribution in [0.4, 0.5) is 0 Å². The molecule has 1 atom stereocenters. The molecule has 2 rings (SSSR count). The van der Waals surface area contributed by atoms with Gasteiger partial charge in [-0.2, -0.15) is 0 Å². The molecule has 0 saturated heterocycles. The highest BCUT2D eigenvalue weighted by atomic mass is 28.4. The van der Waals surface area contributed by atoms with Crippen LogP contribution in [0.15, 0.2) is 47.1 Å². The van der Waals surface area contributed by atoms with Crippen LogP contribution >= 0.6 is 0 Å². The molecule has 0 bridgehead atoms. The zero-order valence-electron chi connectivity index (χ0n) is 25.7. The summed E-state index contributed by atoms with van der Waals surface area (Å²) >= 11 is 0. The second kappa shape index (κ2) is 13.9. The summed E-state index contributed by atoms with van der Waals surface area (Å²) in [6.45, 7) is 21.0. The lowest BCUT2D eigenvalue weighted by Crippen LogP contribution is -2.44. The Kier molecular flexibility index (Phi) is 11.9. The molecule has 0 radical (unpaired) electrons. The Hall–Kier alpha value is -1.89. The van der Waals surface area contributed by atoms with Crippen LogP contribution in [-0.4, -0.2) is 40.7 Å². The molecule has 38 heavy (non-hydrogen) atoms. The van der Waals surface area contributed by atoms with Crippen molar-refractivity contribution in [2.45, 2.75) is 111 Å². The predicted molar refractivity (Wildman–Crippen MR) is 159 cm³/mol. The van der Waals surface area contributed by atoms with E-state index in [0.29, 0.717) is 13.2 Å². The third-order valence-electron chi connectivity index (χ3n) is 8.27. The summed E-state index contributed by atoms with van der Waals surface area (Å²) in [6, 6.07) is 7.78. The lowest BCUT2D eigenvalue weighted by Gasteiger charge is -2.37. The van der Waals surface area contributed by atoms with Crippen molar-refractivity contribution in [3.8, 4) is 5.75 Å². The minimum atomic E-state index is -2.00. The zero-order chi connectivity index (χ0) is 28.6. The Morgan fingerprint density at radius 3 is 2.37 bits per heavy atom. The van der Waals surface area contributed by atoms with Gasteiger partial charge in [-0.15, -0.1) is 0 Å². The Morgan fingerprint density at radius 1 is 1.13 bits per heavy atom. The van der Waals surface area contributed by atoms with E-state index in [4.69, 9.17) is 18.6 Å². The van der Waals surface area contributed by atoms with Gasteiger partial charge in [0.05, 0.1) is 26.9 Å². The molecule has 0 N–H and O–H groups in total. The molecule has 6 heteroatoms. The maximum absolute atomic E-state index is 12.9. The van der Waals surface area contributed by atoms with E-state index >= 15 is 0 Å². The van der Waals surface area contributed by atoms with Crippen LogP contribution in [0.3, 0.4) is 0 Å². The number of ether oxygens (including phenoxy) is 3. The van der Waals surface area contributed by atoms with Gasteiger partial charge in [-0.05, 0) is 87.2 Å². The molecule has 214 valence electrons. The Morgan fingerprint density at radius 2 is 1.79 bits per heavy atom. The maximum atomic E-state index is 12.9. The van der Waals surface area contributed by atoms with E-state index in [1.54, 1.807) is 18.8 Å². The van der Waals surface area contributed by atoms with Gasteiger partial charge in [-0.1, -0.05) is 63.5 Å². The summed E-state index contributed by atoms with van der Waals surface area (Å²) in [4.78, 5) is 12.9. The molecule has 0 fully saturated rings. The molecule has 0 unspecified atom stereocenters. The number of methoxy groups -OCH3 is 1. The van der Waals surface area contributed by atoms with Crippen molar-refractivity contribution >= 4 is 14.3 Å². The van der Waals surface area contributed by atoms with Gasteiger partial charge in [0.15, 0.2) is 8.32 Å². The number of carbonyl (C=O) groups is 1. The Labute approximate surface area is 233 Å². The van der Waals surface area contributed by atoms with Crippen LogP contribution in [0, 0.1) is 5.41 Å². The Balaban J connectivity index is 2.00. The van der Waals surface area contributed by atoms with E-state index in [9.17, 15) is 4.79 Å². The van der Waals surface area contributed by atoms with E-state index in [-0.39, 0.29) is 23.0 Å².